The Bertz CT molecular complexity index is 614. The molecule has 2 rings (SSSR count). The van der Waals surface area contributed by atoms with Gasteiger partial charge in [-0.25, -0.2) is 9.78 Å². The van der Waals surface area contributed by atoms with E-state index in [9.17, 15) is 9.90 Å². The lowest BCUT2D eigenvalue weighted by atomic mass is 10.1. The summed E-state index contributed by atoms with van der Waals surface area (Å²) in [6.07, 6.45) is 2.04. The number of halogens is 1. The van der Waals surface area contributed by atoms with Crippen LogP contribution in [0.15, 0.2) is 36.5 Å². The van der Waals surface area contributed by atoms with E-state index < -0.39 is 5.97 Å². The molecule has 1 heterocycles. The monoisotopic (exact) mass is 292 g/mol. The van der Waals surface area contributed by atoms with Crippen LogP contribution in [0.25, 0.3) is 0 Å². The molecule has 20 heavy (non-hydrogen) atoms. The van der Waals surface area contributed by atoms with Crippen LogP contribution in [0.3, 0.4) is 0 Å². The second kappa shape index (κ2) is 6.25. The van der Waals surface area contributed by atoms with E-state index in [2.05, 4.69) is 10.3 Å². The van der Waals surface area contributed by atoms with Gasteiger partial charge in [0, 0.05) is 12.7 Å². The van der Waals surface area contributed by atoms with Gasteiger partial charge in [0.1, 0.15) is 11.6 Å². The maximum absolute atomic E-state index is 10.9. The molecule has 0 bridgehead atoms. The Kier molecular flexibility index (Phi) is 4.42. The lowest BCUT2D eigenvalue weighted by Crippen LogP contribution is -2.08. The van der Waals surface area contributed by atoms with E-state index >= 15 is 0 Å². The smallest absolute Gasteiger partial charge is 0.337 e. The standard InChI is InChI=1S/C14H13ClN2O3/c15-12-8-17-13(7-11(12)14(19)20)16-6-5-9-1-3-10(18)4-2-9/h1-4,7-8,18H,5-6H2,(H,16,17)(H,19,20). The maximum Gasteiger partial charge on any atom is 0.337 e. The number of anilines is 1. The van der Waals surface area contributed by atoms with Gasteiger partial charge in [-0.3, -0.25) is 0 Å². The van der Waals surface area contributed by atoms with Crippen molar-refractivity contribution >= 4 is 23.4 Å². The molecule has 0 aliphatic carbocycles. The number of carboxylic acids is 1. The van der Waals surface area contributed by atoms with Crippen molar-refractivity contribution in [3.63, 3.8) is 0 Å². The van der Waals surface area contributed by atoms with Gasteiger partial charge < -0.3 is 15.5 Å². The summed E-state index contributed by atoms with van der Waals surface area (Å²) in [6.45, 7) is 0.596. The number of aromatic carboxylic acids is 1. The predicted molar refractivity (Wildman–Crippen MR) is 76.5 cm³/mol. The molecule has 0 amide bonds. The van der Waals surface area contributed by atoms with Crippen LogP contribution in [0.4, 0.5) is 5.82 Å². The summed E-state index contributed by atoms with van der Waals surface area (Å²) >= 11 is 5.74. The second-order valence-corrected chi connectivity index (χ2v) is 4.60. The zero-order chi connectivity index (χ0) is 14.5. The molecule has 3 N–H and O–H groups in total. The zero-order valence-electron chi connectivity index (χ0n) is 10.5. The Morgan fingerprint density at radius 1 is 1.30 bits per heavy atom. The molecule has 0 unspecified atom stereocenters. The fourth-order valence-corrected chi connectivity index (χ4v) is 1.88. The van der Waals surface area contributed by atoms with Crippen LogP contribution in [0.1, 0.15) is 15.9 Å². The van der Waals surface area contributed by atoms with Gasteiger partial charge in [0.25, 0.3) is 0 Å². The summed E-state index contributed by atoms with van der Waals surface area (Å²) in [5.41, 5.74) is 1.08. The molecule has 0 spiro atoms. The highest BCUT2D eigenvalue weighted by Crippen LogP contribution is 2.18. The molecule has 104 valence electrons. The van der Waals surface area contributed by atoms with Crippen molar-refractivity contribution in [3.8, 4) is 5.75 Å². The molecule has 1 aromatic heterocycles. The van der Waals surface area contributed by atoms with Gasteiger partial charge >= 0.3 is 5.97 Å². The van der Waals surface area contributed by atoms with Crippen molar-refractivity contribution < 1.29 is 15.0 Å². The summed E-state index contributed by atoms with van der Waals surface area (Å²) < 4.78 is 0. The molecule has 6 heteroatoms. The minimum Gasteiger partial charge on any atom is -0.508 e. The van der Waals surface area contributed by atoms with Crippen molar-refractivity contribution in [2.24, 2.45) is 0 Å². The molecule has 2 aromatic rings. The summed E-state index contributed by atoms with van der Waals surface area (Å²) in [4.78, 5) is 15.0. The number of carbonyl (C=O) groups is 1. The van der Waals surface area contributed by atoms with Gasteiger partial charge in [-0.1, -0.05) is 23.7 Å². The lowest BCUT2D eigenvalue weighted by molar-refractivity contribution is 0.0697. The second-order valence-electron chi connectivity index (χ2n) is 4.20. The van der Waals surface area contributed by atoms with E-state index in [0.717, 1.165) is 12.0 Å². The number of nitrogens with one attached hydrogen (secondary N) is 1. The maximum atomic E-state index is 10.9. The predicted octanol–water partition coefficient (Wildman–Crippen LogP) is 2.79. The van der Waals surface area contributed by atoms with Crippen LogP contribution < -0.4 is 5.32 Å². The Balaban J connectivity index is 1.96. The molecule has 0 atom stereocenters. The first-order valence-corrected chi connectivity index (χ1v) is 6.34. The van der Waals surface area contributed by atoms with Crippen molar-refractivity contribution in [1.29, 1.82) is 0 Å². The summed E-state index contributed by atoms with van der Waals surface area (Å²) in [6, 6.07) is 8.31. The quantitative estimate of drug-likeness (QED) is 0.789. The Labute approximate surface area is 120 Å². The van der Waals surface area contributed by atoms with E-state index in [1.807, 2.05) is 12.1 Å². The molecule has 5 nitrogen and oxygen atoms in total. The number of hydrogen-bond acceptors (Lipinski definition) is 4. The van der Waals surface area contributed by atoms with E-state index in [1.165, 1.54) is 12.3 Å². The lowest BCUT2D eigenvalue weighted by Gasteiger charge is -2.07. The number of benzene rings is 1. The van der Waals surface area contributed by atoms with Crippen LogP contribution >= 0.6 is 11.6 Å². The molecular weight excluding hydrogens is 280 g/mol. The summed E-state index contributed by atoms with van der Waals surface area (Å²) in [7, 11) is 0. The van der Waals surface area contributed by atoms with Gasteiger partial charge in [0.15, 0.2) is 0 Å². The number of carboxylic acid groups (broad SMARTS) is 1. The molecule has 0 radical (unpaired) electrons. The third-order valence-corrected chi connectivity index (χ3v) is 3.04. The highest BCUT2D eigenvalue weighted by Gasteiger charge is 2.10. The SMILES string of the molecule is O=C(O)c1cc(NCCc2ccc(O)cc2)ncc1Cl. The Morgan fingerprint density at radius 3 is 2.65 bits per heavy atom. The van der Waals surface area contributed by atoms with E-state index in [1.54, 1.807) is 12.1 Å². The number of aromatic hydroxyl groups is 1. The molecule has 0 aliphatic rings. The highest BCUT2D eigenvalue weighted by molar-refractivity contribution is 6.33. The van der Waals surface area contributed by atoms with Gasteiger partial charge in [-0.2, -0.15) is 0 Å². The number of hydrogen-bond donors (Lipinski definition) is 3. The van der Waals surface area contributed by atoms with E-state index in [4.69, 9.17) is 16.7 Å². The van der Waals surface area contributed by atoms with Crippen LogP contribution in [0.2, 0.25) is 5.02 Å². The molecule has 0 aliphatic heterocycles. The number of aromatic nitrogens is 1. The first-order valence-electron chi connectivity index (χ1n) is 5.97. The van der Waals surface area contributed by atoms with Crippen molar-refractivity contribution in [2.45, 2.75) is 6.42 Å². The number of nitrogens with zero attached hydrogens (tertiary/aromatic N) is 1. The summed E-state index contributed by atoms with van der Waals surface area (Å²) in [5.74, 6) is -0.392. The van der Waals surface area contributed by atoms with Crippen molar-refractivity contribution in [3.05, 3.63) is 52.7 Å². The third kappa shape index (κ3) is 3.61. The van der Waals surface area contributed by atoms with Gasteiger partial charge in [0.05, 0.1) is 10.6 Å². The average Bonchev–Trinajstić information content (AvgIpc) is 2.42. The zero-order valence-corrected chi connectivity index (χ0v) is 11.3. The minimum atomic E-state index is -1.08. The Hall–Kier alpha value is -2.27. The fraction of sp³-hybridized carbons (Fsp3) is 0.143. The molecule has 0 fully saturated rings. The van der Waals surface area contributed by atoms with E-state index in [-0.39, 0.29) is 16.3 Å². The molecule has 0 saturated carbocycles. The first kappa shape index (κ1) is 14.1. The van der Waals surface area contributed by atoms with Crippen LogP contribution in [0, 0.1) is 0 Å². The van der Waals surface area contributed by atoms with Crippen molar-refractivity contribution in [1.82, 2.24) is 4.98 Å². The molecule has 0 saturated heterocycles. The molecule has 1 aromatic carbocycles. The van der Waals surface area contributed by atoms with Crippen molar-refractivity contribution in [2.75, 3.05) is 11.9 Å². The number of rotatable bonds is 5. The van der Waals surface area contributed by atoms with Crippen LogP contribution in [-0.4, -0.2) is 27.7 Å². The summed E-state index contributed by atoms with van der Waals surface area (Å²) in [5, 5.41) is 21.3. The normalized spacial score (nSPS) is 10.2. The number of phenols is 1. The Morgan fingerprint density at radius 2 is 2.00 bits per heavy atom. The van der Waals surface area contributed by atoms with Gasteiger partial charge in [-0.15, -0.1) is 0 Å². The largest absolute Gasteiger partial charge is 0.508 e. The third-order valence-electron chi connectivity index (χ3n) is 2.74. The fourth-order valence-electron chi connectivity index (χ4n) is 1.70. The minimum absolute atomic E-state index is 0.0220. The van der Waals surface area contributed by atoms with Crippen LogP contribution in [-0.2, 0) is 6.42 Å². The number of phenolic OH excluding ortho intramolecular Hbond substituents is 1. The highest BCUT2D eigenvalue weighted by atomic mass is 35.5. The van der Waals surface area contributed by atoms with Gasteiger partial charge in [-0.05, 0) is 30.2 Å². The number of pyridine rings is 1. The molecular formula is C14H13ClN2O3. The topological polar surface area (TPSA) is 82.5 Å². The average molecular weight is 293 g/mol. The van der Waals surface area contributed by atoms with Crippen LogP contribution in [0.5, 0.6) is 5.75 Å². The first-order chi connectivity index (χ1) is 9.56. The van der Waals surface area contributed by atoms with Gasteiger partial charge in [0.2, 0.25) is 0 Å². The van der Waals surface area contributed by atoms with E-state index in [0.29, 0.717) is 12.4 Å².